The first-order valence-electron chi connectivity index (χ1n) is 3.34. The fraction of sp³-hybridized carbons (Fsp3) is 0.125. The average Bonchev–Trinajstić information content (AvgIpc) is 2.05. The molecule has 1 aromatic heterocycles. The fourth-order valence-corrected chi connectivity index (χ4v) is 0.799. The highest BCUT2D eigenvalue weighted by atomic mass is 16.1. The Morgan fingerprint density at radius 2 is 2.45 bits per heavy atom. The highest BCUT2D eigenvalue weighted by Crippen LogP contribution is 1.91. The van der Waals surface area contributed by atoms with E-state index in [1.54, 1.807) is 22.9 Å². The van der Waals surface area contributed by atoms with Crippen LogP contribution in [0.2, 0.25) is 0 Å². The Bertz CT molecular complexity index is 271. The molecule has 0 aromatic carbocycles. The zero-order valence-corrected chi connectivity index (χ0v) is 6.32. The van der Waals surface area contributed by atoms with Crippen molar-refractivity contribution in [1.29, 1.82) is 0 Å². The summed E-state index contributed by atoms with van der Waals surface area (Å²) in [5, 5.41) is 0. The van der Waals surface area contributed by atoms with Crippen molar-refractivity contribution in [2.45, 2.75) is 6.92 Å². The molecular weight excluding hydrogens is 140 g/mol. The molecule has 0 aliphatic heterocycles. The normalized spacial score (nSPS) is 9.55. The summed E-state index contributed by atoms with van der Waals surface area (Å²) >= 11 is 0. The Morgan fingerprint density at radius 1 is 1.73 bits per heavy atom. The predicted molar refractivity (Wildman–Crippen MR) is 40.5 cm³/mol. The van der Waals surface area contributed by atoms with Crippen molar-refractivity contribution in [3.8, 4) is 0 Å². The molecule has 0 aliphatic carbocycles. The fourth-order valence-electron chi connectivity index (χ4n) is 0.799. The monoisotopic (exact) mass is 150 g/mol. The van der Waals surface area contributed by atoms with E-state index in [2.05, 4.69) is 0 Å². The summed E-state index contributed by atoms with van der Waals surface area (Å²) in [7, 11) is 0. The first-order chi connectivity index (χ1) is 5.24. The van der Waals surface area contributed by atoms with Crippen LogP contribution >= 0.6 is 0 Å². The SMILES string of the molecule is C[CH][n+]1cccc(C(N)=O)c1. The number of amides is 1. The highest BCUT2D eigenvalue weighted by Gasteiger charge is 2.04. The molecule has 0 bridgehead atoms. The molecular formula is C8H10N2O+. The summed E-state index contributed by atoms with van der Waals surface area (Å²) in [5.74, 6) is -0.402. The van der Waals surface area contributed by atoms with Gasteiger partial charge in [-0.25, -0.2) is 0 Å². The molecule has 0 fully saturated rings. The molecule has 3 nitrogen and oxygen atoms in total. The number of rotatable bonds is 2. The maximum absolute atomic E-state index is 10.7. The second-order valence-corrected chi connectivity index (χ2v) is 2.16. The molecule has 1 aromatic rings. The lowest BCUT2D eigenvalue weighted by atomic mass is 10.3. The number of aromatic nitrogens is 1. The van der Waals surface area contributed by atoms with Crippen LogP contribution in [0, 0.1) is 6.54 Å². The second kappa shape index (κ2) is 3.14. The minimum Gasteiger partial charge on any atom is -0.365 e. The molecule has 57 valence electrons. The van der Waals surface area contributed by atoms with Gasteiger partial charge in [-0.1, -0.05) is 0 Å². The summed E-state index contributed by atoms with van der Waals surface area (Å²) in [6, 6.07) is 3.46. The van der Waals surface area contributed by atoms with Gasteiger partial charge in [0, 0.05) is 13.0 Å². The topological polar surface area (TPSA) is 47.0 Å². The van der Waals surface area contributed by atoms with Crippen LogP contribution in [-0.2, 0) is 0 Å². The van der Waals surface area contributed by atoms with Crippen molar-refractivity contribution < 1.29 is 9.36 Å². The predicted octanol–water partition coefficient (Wildman–Crippen LogP) is 0.103. The van der Waals surface area contributed by atoms with Crippen LogP contribution in [-0.4, -0.2) is 5.91 Å². The number of pyridine rings is 1. The van der Waals surface area contributed by atoms with E-state index < -0.39 is 5.91 Å². The van der Waals surface area contributed by atoms with Crippen LogP contribution in [0.4, 0.5) is 0 Å². The van der Waals surface area contributed by atoms with Gasteiger partial charge in [0.05, 0.1) is 0 Å². The van der Waals surface area contributed by atoms with E-state index in [0.717, 1.165) is 0 Å². The third-order valence-corrected chi connectivity index (χ3v) is 1.40. The minimum atomic E-state index is -0.402. The van der Waals surface area contributed by atoms with Gasteiger partial charge in [-0.15, -0.1) is 0 Å². The molecule has 0 unspecified atom stereocenters. The zero-order chi connectivity index (χ0) is 8.27. The molecule has 1 rings (SSSR count). The first kappa shape index (κ1) is 7.72. The van der Waals surface area contributed by atoms with Gasteiger partial charge in [-0.3, -0.25) is 4.79 Å². The summed E-state index contributed by atoms with van der Waals surface area (Å²) in [6.45, 7) is 3.72. The minimum absolute atomic E-state index is 0.402. The van der Waals surface area contributed by atoms with E-state index in [1.165, 1.54) is 0 Å². The molecule has 2 N–H and O–H groups in total. The Hall–Kier alpha value is -1.38. The summed E-state index contributed by atoms with van der Waals surface area (Å²) < 4.78 is 1.78. The average molecular weight is 150 g/mol. The lowest BCUT2D eigenvalue weighted by Gasteiger charge is -1.92. The van der Waals surface area contributed by atoms with E-state index in [9.17, 15) is 4.79 Å². The van der Waals surface area contributed by atoms with Gasteiger partial charge in [0.2, 0.25) is 6.54 Å². The lowest BCUT2D eigenvalue weighted by Crippen LogP contribution is -2.31. The van der Waals surface area contributed by atoms with Gasteiger partial charge >= 0.3 is 0 Å². The van der Waals surface area contributed by atoms with Gasteiger partial charge < -0.3 is 5.73 Å². The Balaban J connectivity index is 3.01. The maximum atomic E-state index is 10.7. The van der Waals surface area contributed by atoms with Gasteiger partial charge in [-0.05, 0) is 6.07 Å². The standard InChI is InChI=1S/C8H10N2O/c1-2-10-5-3-4-7(6-10)8(9)11/h2-6H,1H3,(H2,9,11)/q+1. The molecule has 0 atom stereocenters. The first-order valence-corrected chi connectivity index (χ1v) is 3.34. The van der Waals surface area contributed by atoms with E-state index in [-0.39, 0.29) is 0 Å². The second-order valence-electron chi connectivity index (χ2n) is 2.16. The smallest absolute Gasteiger partial charge is 0.254 e. The largest absolute Gasteiger partial charge is 0.365 e. The van der Waals surface area contributed by atoms with Crippen molar-refractivity contribution in [3.05, 3.63) is 36.6 Å². The number of primary amides is 1. The Morgan fingerprint density at radius 3 is 3.00 bits per heavy atom. The molecule has 0 spiro atoms. The molecule has 0 saturated heterocycles. The lowest BCUT2D eigenvalue weighted by molar-refractivity contribution is -0.632. The van der Waals surface area contributed by atoms with Gasteiger partial charge in [-0.2, -0.15) is 4.57 Å². The van der Waals surface area contributed by atoms with Gasteiger partial charge in [0.1, 0.15) is 5.56 Å². The molecule has 1 amide bonds. The van der Waals surface area contributed by atoms with Crippen molar-refractivity contribution >= 4 is 5.91 Å². The quantitative estimate of drug-likeness (QED) is 0.597. The number of hydrogen-bond acceptors (Lipinski definition) is 1. The van der Waals surface area contributed by atoms with E-state index in [0.29, 0.717) is 5.56 Å². The molecule has 0 saturated carbocycles. The van der Waals surface area contributed by atoms with Crippen LogP contribution in [0.5, 0.6) is 0 Å². The van der Waals surface area contributed by atoms with Crippen molar-refractivity contribution in [1.82, 2.24) is 0 Å². The third-order valence-electron chi connectivity index (χ3n) is 1.40. The third kappa shape index (κ3) is 1.77. The van der Waals surface area contributed by atoms with E-state index >= 15 is 0 Å². The Kier molecular flexibility index (Phi) is 2.21. The highest BCUT2D eigenvalue weighted by molar-refractivity contribution is 5.92. The maximum Gasteiger partial charge on any atom is 0.254 e. The van der Waals surface area contributed by atoms with E-state index in [4.69, 9.17) is 5.73 Å². The van der Waals surface area contributed by atoms with Crippen LogP contribution in [0.15, 0.2) is 24.5 Å². The van der Waals surface area contributed by atoms with Crippen molar-refractivity contribution in [3.63, 3.8) is 0 Å². The molecule has 1 radical (unpaired) electrons. The zero-order valence-electron chi connectivity index (χ0n) is 6.32. The van der Waals surface area contributed by atoms with Gasteiger partial charge in [0.15, 0.2) is 12.4 Å². The summed E-state index contributed by atoms with van der Waals surface area (Å²) in [6.07, 6.45) is 3.52. The van der Waals surface area contributed by atoms with Crippen LogP contribution < -0.4 is 10.3 Å². The van der Waals surface area contributed by atoms with Crippen molar-refractivity contribution in [2.24, 2.45) is 5.73 Å². The molecule has 1 heterocycles. The number of carbonyl (C=O) groups excluding carboxylic acids is 1. The Labute approximate surface area is 65.5 Å². The molecule has 0 aliphatic rings. The molecule has 11 heavy (non-hydrogen) atoms. The van der Waals surface area contributed by atoms with Crippen molar-refractivity contribution in [2.75, 3.05) is 0 Å². The number of hydrogen-bond donors (Lipinski definition) is 1. The van der Waals surface area contributed by atoms with Crippen LogP contribution in [0.1, 0.15) is 17.3 Å². The molecule has 3 heteroatoms. The van der Waals surface area contributed by atoms with Crippen LogP contribution in [0.25, 0.3) is 0 Å². The summed E-state index contributed by atoms with van der Waals surface area (Å²) in [4.78, 5) is 10.7. The van der Waals surface area contributed by atoms with E-state index in [1.807, 2.05) is 19.7 Å². The number of carbonyl (C=O) groups is 1. The van der Waals surface area contributed by atoms with Crippen LogP contribution in [0.3, 0.4) is 0 Å². The van der Waals surface area contributed by atoms with Gasteiger partial charge in [0.25, 0.3) is 5.91 Å². The number of nitrogens with two attached hydrogens (primary N) is 1. The summed E-state index contributed by atoms with van der Waals surface area (Å²) in [5.41, 5.74) is 5.59. The number of nitrogens with zero attached hydrogens (tertiary/aromatic N) is 1.